The van der Waals surface area contributed by atoms with Gasteiger partial charge >= 0.3 is 0 Å². The first-order valence-corrected chi connectivity index (χ1v) is 7.40. The largest absolute Gasteiger partial charge is 0.491 e. The Hall–Kier alpha value is -1.39. The summed E-state index contributed by atoms with van der Waals surface area (Å²) in [4.78, 5) is 14.0. The van der Waals surface area contributed by atoms with Crippen LogP contribution in [-0.2, 0) is 0 Å². The molecule has 1 aromatic rings. The van der Waals surface area contributed by atoms with Crippen LogP contribution in [0.15, 0.2) is 24.3 Å². The zero-order chi connectivity index (χ0) is 13.9. The Kier molecular flexibility index (Phi) is 4.03. The molecule has 0 bridgehead atoms. The summed E-state index contributed by atoms with van der Waals surface area (Å²) in [6.45, 7) is 7.85. The molecule has 2 heterocycles. The number of fused-ring (bicyclic) bond motifs is 1. The summed E-state index contributed by atoms with van der Waals surface area (Å²) in [7, 11) is 0. The van der Waals surface area contributed by atoms with E-state index in [1.54, 1.807) is 6.92 Å². The van der Waals surface area contributed by atoms with Gasteiger partial charge in [0.2, 0.25) is 0 Å². The highest BCUT2D eigenvalue weighted by atomic mass is 16.5. The van der Waals surface area contributed by atoms with Gasteiger partial charge in [-0.15, -0.1) is 0 Å². The number of likely N-dealkylation sites (tertiary alicyclic amines) is 1. The first kappa shape index (κ1) is 13.6. The Morgan fingerprint density at radius 1 is 1.30 bits per heavy atom. The van der Waals surface area contributed by atoms with Crippen molar-refractivity contribution in [2.45, 2.75) is 6.92 Å². The summed E-state index contributed by atoms with van der Waals surface area (Å²) in [5.41, 5.74) is 0.676. The predicted molar refractivity (Wildman–Crippen MR) is 78.2 cm³/mol. The number of hydrogen-bond acceptors (Lipinski definition) is 4. The van der Waals surface area contributed by atoms with E-state index in [2.05, 4.69) is 10.2 Å². The summed E-state index contributed by atoms with van der Waals surface area (Å²) in [6, 6.07) is 7.48. The molecular weight excluding hydrogens is 252 g/mol. The number of para-hydroxylation sites is 1. The summed E-state index contributed by atoms with van der Waals surface area (Å²) in [5.74, 6) is 2.41. The second-order valence-corrected chi connectivity index (χ2v) is 5.84. The quantitative estimate of drug-likeness (QED) is 0.825. The van der Waals surface area contributed by atoms with Crippen molar-refractivity contribution in [1.29, 1.82) is 0 Å². The fraction of sp³-hybridized carbons (Fsp3) is 0.562. The second-order valence-electron chi connectivity index (χ2n) is 5.84. The number of nitrogens with zero attached hydrogens (tertiary/aromatic N) is 1. The van der Waals surface area contributed by atoms with Crippen molar-refractivity contribution in [3.8, 4) is 5.75 Å². The standard InChI is InChI=1S/C16H22N2O2/c1-12(19)15-4-2-3-5-16(15)20-7-6-18-10-13-8-17-9-14(13)11-18/h2-5,13-14,17H,6-11H2,1H3. The van der Waals surface area contributed by atoms with E-state index in [0.29, 0.717) is 17.9 Å². The zero-order valence-electron chi connectivity index (χ0n) is 12.0. The molecule has 0 aromatic heterocycles. The van der Waals surface area contributed by atoms with Gasteiger partial charge in [-0.1, -0.05) is 12.1 Å². The van der Waals surface area contributed by atoms with Crippen LogP contribution in [-0.4, -0.2) is 50.0 Å². The topological polar surface area (TPSA) is 41.6 Å². The van der Waals surface area contributed by atoms with E-state index in [0.717, 1.165) is 31.5 Å². The number of ether oxygens (including phenoxy) is 1. The van der Waals surface area contributed by atoms with Gasteiger partial charge in [0, 0.05) is 19.6 Å². The molecule has 0 saturated carbocycles. The van der Waals surface area contributed by atoms with E-state index in [4.69, 9.17) is 4.74 Å². The smallest absolute Gasteiger partial charge is 0.163 e. The number of Topliss-reactive ketones (excluding diaryl/α,β-unsaturated/α-hetero) is 1. The molecule has 0 amide bonds. The van der Waals surface area contributed by atoms with Crippen LogP contribution in [0, 0.1) is 11.8 Å². The van der Waals surface area contributed by atoms with Gasteiger partial charge in [0.15, 0.2) is 5.78 Å². The Labute approximate surface area is 120 Å². The molecule has 0 aliphatic carbocycles. The molecule has 2 unspecified atom stereocenters. The zero-order valence-corrected chi connectivity index (χ0v) is 12.0. The molecule has 2 atom stereocenters. The molecule has 4 heteroatoms. The van der Waals surface area contributed by atoms with Crippen molar-refractivity contribution in [3.63, 3.8) is 0 Å². The van der Waals surface area contributed by atoms with Crippen LogP contribution in [0.4, 0.5) is 0 Å². The maximum absolute atomic E-state index is 11.5. The number of carbonyl (C=O) groups excluding carboxylic acids is 1. The molecule has 2 saturated heterocycles. The molecule has 108 valence electrons. The maximum atomic E-state index is 11.5. The van der Waals surface area contributed by atoms with E-state index >= 15 is 0 Å². The Bertz CT molecular complexity index is 477. The maximum Gasteiger partial charge on any atom is 0.163 e. The average molecular weight is 274 g/mol. The first-order chi connectivity index (χ1) is 9.74. The third kappa shape index (κ3) is 2.86. The molecule has 2 aliphatic rings. The normalized spacial score (nSPS) is 25.6. The van der Waals surface area contributed by atoms with Crippen molar-refractivity contribution in [1.82, 2.24) is 10.2 Å². The summed E-state index contributed by atoms with van der Waals surface area (Å²) < 4.78 is 5.80. The minimum Gasteiger partial charge on any atom is -0.491 e. The molecule has 0 radical (unpaired) electrons. The summed E-state index contributed by atoms with van der Waals surface area (Å²) in [6.07, 6.45) is 0. The Balaban J connectivity index is 1.50. The van der Waals surface area contributed by atoms with E-state index in [1.807, 2.05) is 24.3 Å². The van der Waals surface area contributed by atoms with Gasteiger partial charge in [0.1, 0.15) is 12.4 Å². The van der Waals surface area contributed by atoms with Crippen LogP contribution in [0.2, 0.25) is 0 Å². The SMILES string of the molecule is CC(=O)c1ccccc1OCCN1CC2CNCC2C1. The highest BCUT2D eigenvalue weighted by molar-refractivity contribution is 5.96. The molecule has 1 aromatic carbocycles. The predicted octanol–water partition coefficient (Wildman–Crippen LogP) is 1.42. The van der Waals surface area contributed by atoms with Crippen LogP contribution in [0.3, 0.4) is 0 Å². The summed E-state index contributed by atoms with van der Waals surface area (Å²) >= 11 is 0. The van der Waals surface area contributed by atoms with E-state index < -0.39 is 0 Å². The molecule has 2 fully saturated rings. The number of benzene rings is 1. The van der Waals surface area contributed by atoms with E-state index in [9.17, 15) is 4.79 Å². The van der Waals surface area contributed by atoms with Crippen molar-refractivity contribution in [3.05, 3.63) is 29.8 Å². The van der Waals surface area contributed by atoms with E-state index in [-0.39, 0.29) is 5.78 Å². The average Bonchev–Trinajstić information content (AvgIpc) is 3.00. The van der Waals surface area contributed by atoms with Crippen LogP contribution in [0.1, 0.15) is 17.3 Å². The fourth-order valence-electron chi connectivity index (χ4n) is 3.30. The molecule has 20 heavy (non-hydrogen) atoms. The number of ketones is 1. The number of nitrogens with one attached hydrogen (secondary N) is 1. The van der Waals surface area contributed by atoms with E-state index in [1.165, 1.54) is 13.1 Å². The van der Waals surface area contributed by atoms with Gasteiger partial charge in [0.25, 0.3) is 0 Å². The minimum absolute atomic E-state index is 0.0578. The van der Waals surface area contributed by atoms with Gasteiger partial charge < -0.3 is 10.1 Å². The van der Waals surface area contributed by atoms with Gasteiger partial charge in [-0.3, -0.25) is 9.69 Å². The molecular formula is C16H22N2O2. The third-order valence-electron chi connectivity index (χ3n) is 4.40. The van der Waals surface area contributed by atoms with Gasteiger partial charge in [0.05, 0.1) is 5.56 Å². The van der Waals surface area contributed by atoms with Gasteiger partial charge in [-0.2, -0.15) is 0 Å². The molecule has 4 nitrogen and oxygen atoms in total. The summed E-state index contributed by atoms with van der Waals surface area (Å²) in [5, 5.41) is 3.45. The van der Waals surface area contributed by atoms with Crippen molar-refractivity contribution < 1.29 is 9.53 Å². The van der Waals surface area contributed by atoms with Crippen molar-refractivity contribution >= 4 is 5.78 Å². The lowest BCUT2D eigenvalue weighted by atomic mass is 10.0. The Morgan fingerprint density at radius 2 is 2.00 bits per heavy atom. The molecule has 1 N–H and O–H groups in total. The van der Waals surface area contributed by atoms with Crippen LogP contribution >= 0.6 is 0 Å². The van der Waals surface area contributed by atoms with Gasteiger partial charge in [-0.25, -0.2) is 0 Å². The fourth-order valence-corrected chi connectivity index (χ4v) is 3.30. The Morgan fingerprint density at radius 3 is 2.70 bits per heavy atom. The molecule has 2 aliphatic heterocycles. The highest BCUT2D eigenvalue weighted by Gasteiger charge is 2.35. The number of carbonyl (C=O) groups is 1. The van der Waals surface area contributed by atoms with Crippen LogP contribution in [0.25, 0.3) is 0 Å². The highest BCUT2D eigenvalue weighted by Crippen LogP contribution is 2.26. The first-order valence-electron chi connectivity index (χ1n) is 7.40. The lowest BCUT2D eigenvalue weighted by Gasteiger charge is -2.17. The minimum atomic E-state index is 0.0578. The number of rotatable bonds is 5. The van der Waals surface area contributed by atoms with Gasteiger partial charge in [-0.05, 0) is 44.0 Å². The lowest BCUT2D eigenvalue weighted by molar-refractivity contribution is 0.101. The van der Waals surface area contributed by atoms with Crippen molar-refractivity contribution in [2.24, 2.45) is 11.8 Å². The van der Waals surface area contributed by atoms with Crippen LogP contribution in [0.5, 0.6) is 5.75 Å². The third-order valence-corrected chi connectivity index (χ3v) is 4.40. The molecule has 0 spiro atoms. The molecule has 3 rings (SSSR count). The number of hydrogen-bond donors (Lipinski definition) is 1. The second kappa shape index (κ2) is 5.94. The van der Waals surface area contributed by atoms with Crippen molar-refractivity contribution in [2.75, 3.05) is 39.3 Å². The monoisotopic (exact) mass is 274 g/mol. The van der Waals surface area contributed by atoms with Crippen LogP contribution < -0.4 is 10.1 Å². The lowest BCUT2D eigenvalue weighted by Crippen LogP contribution is -2.29.